The maximum Gasteiger partial charge on any atom is 0.138 e. The first kappa shape index (κ1) is 12.2. The van der Waals surface area contributed by atoms with E-state index in [4.69, 9.17) is 4.98 Å². The molecule has 0 radical (unpaired) electrons. The van der Waals surface area contributed by atoms with Crippen molar-refractivity contribution in [1.29, 1.82) is 0 Å². The Kier molecular flexibility index (Phi) is 3.16. The van der Waals surface area contributed by atoms with Gasteiger partial charge < -0.3 is 4.40 Å². The van der Waals surface area contributed by atoms with E-state index in [9.17, 15) is 0 Å². The van der Waals surface area contributed by atoms with E-state index >= 15 is 0 Å². The lowest BCUT2D eigenvalue weighted by atomic mass is 10.1. The fraction of sp³-hybridized carbons (Fsp3) is 0.500. The topological polar surface area (TPSA) is 20.5 Å². The third-order valence-corrected chi connectivity index (χ3v) is 4.23. The Hall–Kier alpha value is -0.870. The van der Waals surface area contributed by atoms with Crippen molar-refractivity contribution >= 4 is 21.6 Å². The molecular weight excluding hydrogens is 290 g/mol. The fourth-order valence-corrected chi connectivity index (χ4v) is 3.18. The number of pyridine rings is 1. The first-order valence-electron chi connectivity index (χ1n) is 6.55. The smallest absolute Gasteiger partial charge is 0.138 e. The van der Waals surface area contributed by atoms with Gasteiger partial charge in [0, 0.05) is 22.9 Å². The maximum absolute atomic E-state index is 4.78. The quantitative estimate of drug-likeness (QED) is 0.844. The molecule has 0 N–H and O–H groups in total. The second-order valence-corrected chi connectivity index (χ2v) is 6.18. The van der Waals surface area contributed by atoms with Gasteiger partial charge in [-0.05, 0) is 45.4 Å². The van der Waals surface area contributed by atoms with Gasteiger partial charge in [-0.25, -0.2) is 4.98 Å². The van der Waals surface area contributed by atoms with Crippen molar-refractivity contribution in [3.8, 4) is 0 Å². The summed E-state index contributed by atoms with van der Waals surface area (Å²) in [6, 6.07) is 5.20. The average Bonchev–Trinajstić information content (AvgIpc) is 2.93. The molecule has 0 spiro atoms. The summed E-state index contributed by atoms with van der Waals surface area (Å²) in [4.78, 5) is 7.33. The van der Waals surface area contributed by atoms with Crippen molar-refractivity contribution in [2.75, 3.05) is 6.54 Å². The Bertz CT molecular complexity index is 561. The van der Waals surface area contributed by atoms with E-state index < -0.39 is 0 Å². The molecule has 1 fully saturated rings. The van der Waals surface area contributed by atoms with E-state index in [1.165, 1.54) is 25.1 Å². The summed E-state index contributed by atoms with van der Waals surface area (Å²) in [5.41, 5.74) is 2.23. The van der Waals surface area contributed by atoms with Crippen LogP contribution in [0.4, 0.5) is 0 Å². The van der Waals surface area contributed by atoms with Gasteiger partial charge in [0.05, 0.1) is 11.7 Å². The summed E-state index contributed by atoms with van der Waals surface area (Å²) in [6.45, 7) is 5.73. The molecule has 3 nitrogen and oxygen atoms in total. The monoisotopic (exact) mass is 307 g/mol. The summed E-state index contributed by atoms with van der Waals surface area (Å²) in [7, 11) is 0. The van der Waals surface area contributed by atoms with Crippen LogP contribution in [-0.4, -0.2) is 26.9 Å². The molecular formula is C14H18BrN3. The predicted octanol–water partition coefficient (Wildman–Crippen LogP) is 3.64. The van der Waals surface area contributed by atoms with E-state index in [0.717, 1.165) is 10.1 Å². The summed E-state index contributed by atoms with van der Waals surface area (Å²) in [5, 5.41) is 0. The number of hydrogen-bond acceptors (Lipinski definition) is 2. The van der Waals surface area contributed by atoms with Gasteiger partial charge in [0.15, 0.2) is 0 Å². The second-order valence-electron chi connectivity index (χ2n) is 5.27. The van der Waals surface area contributed by atoms with Gasteiger partial charge in [-0.15, -0.1) is 0 Å². The molecule has 0 aliphatic carbocycles. The lowest BCUT2D eigenvalue weighted by Crippen LogP contribution is -2.30. The van der Waals surface area contributed by atoms with Crippen molar-refractivity contribution in [1.82, 2.24) is 14.3 Å². The van der Waals surface area contributed by atoms with Crippen molar-refractivity contribution < 1.29 is 0 Å². The molecule has 4 heteroatoms. The minimum Gasteiger partial charge on any atom is -0.307 e. The van der Waals surface area contributed by atoms with Crippen LogP contribution in [0.5, 0.6) is 0 Å². The molecule has 2 aromatic heterocycles. The Labute approximate surface area is 116 Å². The average molecular weight is 308 g/mol. The van der Waals surface area contributed by atoms with Crippen LogP contribution in [0.25, 0.3) is 5.65 Å². The van der Waals surface area contributed by atoms with Crippen LogP contribution in [0.1, 0.15) is 38.4 Å². The molecule has 1 unspecified atom stereocenters. The fourth-order valence-electron chi connectivity index (χ4n) is 2.86. The Morgan fingerprint density at radius 1 is 1.44 bits per heavy atom. The number of nitrogens with zero attached hydrogens (tertiary/aromatic N) is 3. The van der Waals surface area contributed by atoms with Gasteiger partial charge in [-0.3, -0.25) is 4.90 Å². The molecule has 2 aromatic rings. The number of hydrogen-bond donors (Lipinski definition) is 0. The summed E-state index contributed by atoms with van der Waals surface area (Å²) < 4.78 is 3.19. The minimum atomic E-state index is 0.490. The van der Waals surface area contributed by atoms with Crippen molar-refractivity contribution in [2.24, 2.45) is 0 Å². The van der Waals surface area contributed by atoms with Crippen molar-refractivity contribution in [2.45, 2.75) is 38.8 Å². The van der Waals surface area contributed by atoms with Crippen LogP contribution < -0.4 is 0 Å². The Morgan fingerprint density at radius 3 is 3.06 bits per heavy atom. The zero-order valence-corrected chi connectivity index (χ0v) is 12.4. The molecule has 18 heavy (non-hydrogen) atoms. The van der Waals surface area contributed by atoms with Gasteiger partial charge in [0.25, 0.3) is 0 Å². The molecule has 1 aliphatic rings. The number of rotatable bonds is 2. The zero-order chi connectivity index (χ0) is 12.7. The van der Waals surface area contributed by atoms with Crippen LogP contribution in [0.3, 0.4) is 0 Å². The van der Waals surface area contributed by atoms with E-state index in [-0.39, 0.29) is 0 Å². The Balaban J connectivity index is 1.98. The van der Waals surface area contributed by atoms with Gasteiger partial charge in [-0.1, -0.05) is 15.9 Å². The third kappa shape index (κ3) is 2.08. The lowest BCUT2D eigenvalue weighted by molar-refractivity contribution is 0.202. The standard InChI is InChI=1S/C14H18BrN3/c1-10(2)18-6-3-4-13(18)12-9-17-7-5-11(15)8-14(17)16-12/h5,7-10,13H,3-4,6H2,1-2H3. The molecule has 0 aromatic carbocycles. The normalized spacial score (nSPS) is 21.2. The molecule has 0 saturated carbocycles. The van der Waals surface area contributed by atoms with Crippen LogP contribution in [0.15, 0.2) is 29.0 Å². The number of likely N-dealkylation sites (tertiary alicyclic amines) is 1. The number of imidazole rings is 1. The van der Waals surface area contributed by atoms with E-state index in [1.54, 1.807) is 0 Å². The molecule has 1 saturated heterocycles. The molecule has 96 valence electrons. The highest BCUT2D eigenvalue weighted by Crippen LogP contribution is 2.33. The molecule has 0 bridgehead atoms. The maximum atomic E-state index is 4.78. The number of fused-ring (bicyclic) bond motifs is 1. The molecule has 0 amide bonds. The first-order chi connectivity index (χ1) is 8.65. The number of aromatic nitrogens is 2. The van der Waals surface area contributed by atoms with E-state index in [0.29, 0.717) is 12.1 Å². The lowest BCUT2D eigenvalue weighted by Gasteiger charge is -2.26. The highest BCUT2D eigenvalue weighted by atomic mass is 79.9. The van der Waals surface area contributed by atoms with Gasteiger partial charge in [0.1, 0.15) is 5.65 Å². The predicted molar refractivity (Wildman–Crippen MR) is 76.7 cm³/mol. The summed E-state index contributed by atoms with van der Waals surface area (Å²) >= 11 is 3.50. The van der Waals surface area contributed by atoms with Crippen LogP contribution in [0.2, 0.25) is 0 Å². The largest absolute Gasteiger partial charge is 0.307 e. The van der Waals surface area contributed by atoms with Gasteiger partial charge in [-0.2, -0.15) is 0 Å². The molecule has 1 aliphatic heterocycles. The van der Waals surface area contributed by atoms with Crippen LogP contribution in [0, 0.1) is 0 Å². The highest BCUT2D eigenvalue weighted by molar-refractivity contribution is 9.10. The van der Waals surface area contributed by atoms with E-state index in [1.807, 2.05) is 6.07 Å². The third-order valence-electron chi connectivity index (χ3n) is 3.74. The molecule has 3 heterocycles. The van der Waals surface area contributed by atoms with Gasteiger partial charge >= 0.3 is 0 Å². The zero-order valence-electron chi connectivity index (χ0n) is 10.8. The number of halogens is 1. The van der Waals surface area contributed by atoms with Crippen molar-refractivity contribution in [3.63, 3.8) is 0 Å². The Morgan fingerprint density at radius 2 is 2.28 bits per heavy atom. The second kappa shape index (κ2) is 4.67. The summed E-state index contributed by atoms with van der Waals surface area (Å²) in [5.74, 6) is 0. The SMILES string of the molecule is CC(C)N1CCCC1c1cn2ccc(Br)cc2n1. The molecule has 1 atom stereocenters. The van der Waals surface area contributed by atoms with E-state index in [2.05, 4.69) is 57.5 Å². The van der Waals surface area contributed by atoms with Gasteiger partial charge in [0.2, 0.25) is 0 Å². The first-order valence-corrected chi connectivity index (χ1v) is 7.34. The summed E-state index contributed by atoms with van der Waals surface area (Å²) in [6.07, 6.45) is 6.74. The molecule has 3 rings (SSSR count). The van der Waals surface area contributed by atoms with Crippen molar-refractivity contribution in [3.05, 3.63) is 34.7 Å². The van der Waals surface area contributed by atoms with Crippen LogP contribution >= 0.6 is 15.9 Å². The van der Waals surface area contributed by atoms with Crippen LogP contribution in [-0.2, 0) is 0 Å². The highest BCUT2D eigenvalue weighted by Gasteiger charge is 2.29. The minimum absolute atomic E-state index is 0.490.